The highest BCUT2D eigenvalue weighted by molar-refractivity contribution is 7.15. The fraction of sp³-hybridized carbons (Fsp3) is 0.615. The van der Waals surface area contributed by atoms with E-state index < -0.39 is 0 Å². The smallest absolute Gasteiger partial charge is 0.226 e. The molecule has 1 aliphatic heterocycles. The molecule has 2 aliphatic rings. The number of carbonyl (C=O) groups excluding carboxylic acids is 2. The summed E-state index contributed by atoms with van der Waals surface area (Å²) in [5, 5.41) is 3.36. The van der Waals surface area contributed by atoms with Crippen molar-refractivity contribution in [1.29, 1.82) is 0 Å². The lowest BCUT2D eigenvalue weighted by Crippen LogP contribution is -2.41. The minimum Gasteiger partial charge on any atom is -0.337 e. The minimum absolute atomic E-state index is 0.103. The zero-order valence-electron chi connectivity index (χ0n) is 10.9. The lowest BCUT2D eigenvalue weighted by molar-refractivity contribution is -0.139. The zero-order chi connectivity index (χ0) is 13.4. The Hall–Kier alpha value is -1.43. The van der Waals surface area contributed by atoms with Gasteiger partial charge in [0.25, 0.3) is 0 Å². The molecule has 1 fully saturated rings. The summed E-state index contributed by atoms with van der Waals surface area (Å²) in [4.78, 5) is 30.7. The average Bonchev–Trinajstić information content (AvgIpc) is 2.66. The van der Waals surface area contributed by atoms with Gasteiger partial charge in [0.15, 0.2) is 5.13 Å². The fourth-order valence-electron chi connectivity index (χ4n) is 2.50. The molecule has 5 nitrogen and oxygen atoms in total. The first-order valence-electron chi connectivity index (χ1n) is 6.68. The van der Waals surface area contributed by atoms with Gasteiger partial charge in [0.2, 0.25) is 11.8 Å². The number of fused-ring (bicyclic) bond motifs is 1. The first-order valence-corrected chi connectivity index (χ1v) is 7.50. The Bertz CT molecular complexity index is 522. The Labute approximate surface area is 116 Å². The Morgan fingerprint density at radius 2 is 2.21 bits per heavy atom. The van der Waals surface area contributed by atoms with E-state index in [1.165, 1.54) is 24.7 Å². The molecule has 6 heteroatoms. The monoisotopic (exact) mass is 279 g/mol. The van der Waals surface area contributed by atoms with Gasteiger partial charge in [0.05, 0.1) is 12.2 Å². The first kappa shape index (κ1) is 12.6. The number of thiazole rings is 1. The van der Waals surface area contributed by atoms with Crippen LogP contribution in [0.25, 0.3) is 0 Å². The molecule has 0 unspecified atom stereocenters. The van der Waals surface area contributed by atoms with Crippen LogP contribution in [0.15, 0.2) is 0 Å². The van der Waals surface area contributed by atoms with Crippen LogP contribution >= 0.6 is 11.3 Å². The largest absolute Gasteiger partial charge is 0.337 e. The Morgan fingerprint density at radius 3 is 2.84 bits per heavy atom. The summed E-state index contributed by atoms with van der Waals surface area (Å²) in [7, 11) is 0. The van der Waals surface area contributed by atoms with E-state index in [1.54, 1.807) is 0 Å². The van der Waals surface area contributed by atoms with Crippen molar-refractivity contribution in [2.75, 3.05) is 11.9 Å². The van der Waals surface area contributed by atoms with Crippen LogP contribution < -0.4 is 5.32 Å². The number of hydrogen-bond donors (Lipinski definition) is 1. The average molecular weight is 279 g/mol. The SMILES string of the molecule is CC(=O)Nc1nc2c(s1)CN(C(=O)C1CCC1)CC2. The molecule has 0 spiro atoms. The van der Waals surface area contributed by atoms with Gasteiger partial charge in [0, 0.05) is 30.7 Å². The quantitative estimate of drug-likeness (QED) is 0.897. The molecule has 2 amide bonds. The van der Waals surface area contributed by atoms with Gasteiger partial charge in [-0.2, -0.15) is 0 Å². The van der Waals surface area contributed by atoms with Crippen molar-refractivity contribution in [3.63, 3.8) is 0 Å². The van der Waals surface area contributed by atoms with Crippen LogP contribution in [-0.2, 0) is 22.6 Å². The molecule has 3 rings (SSSR count). The van der Waals surface area contributed by atoms with Crippen LogP contribution in [0.4, 0.5) is 5.13 Å². The van der Waals surface area contributed by atoms with E-state index in [0.717, 1.165) is 36.4 Å². The van der Waals surface area contributed by atoms with Gasteiger partial charge in [-0.15, -0.1) is 0 Å². The second-order valence-corrected chi connectivity index (χ2v) is 6.29. The van der Waals surface area contributed by atoms with Gasteiger partial charge in [-0.3, -0.25) is 9.59 Å². The van der Waals surface area contributed by atoms with E-state index in [-0.39, 0.29) is 11.8 Å². The second-order valence-electron chi connectivity index (χ2n) is 5.21. The van der Waals surface area contributed by atoms with Crippen LogP contribution in [0, 0.1) is 5.92 Å². The number of anilines is 1. The lowest BCUT2D eigenvalue weighted by atomic mass is 9.84. The highest BCUT2D eigenvalue weighted by Gasteiger charge is 2.32. The van der Waals surface area contributed by atoms with Crippen LogP contribution in [0.3, 0.4) is 0 Å². The van der Waals surface area contributed by atoms with Crippen LogP contribution in [0.1, 0.15) is 36.8 Å². The van der Waals surface area contributed by atoms with Gasteiger partial charge in [-0.1, -0.05) is 17.8 Å². The van der Waals surface area contributed by atoms with Crippen molar-refractivity contribution in [3.05, 3.63) is 10.6 Å². The molecule has 1 aromatic heterocycles. The molecule has 0 saturated heterocycles. The van der Waals surface area contributed by atoms with E-state index >= 15 is 0 Å². The molecular weight excluding hydrogens is 262 g/mol. The summed E-state index contributed by atoms with van der Waals surface area (Å²) in [6.45, 7) is 2.89. The van der Waals surface area contributed by atoms with E-state index in [1.807, 2.05) is 4.90 Å². The highest BCUT2D eigenvalue weighted by atomic mass is 32.1. The summed E-state index contributed by atoms with van der Waals surface area (Å²) in [6.07, 6.45) is 4.07. The van der Waals surface area contributed by atoms with E-state index in [4.69, 9.17) is 0 Å². The van der Waals surface area contributed by atoms with Crippen LogP contribution in [-0.4, -0.2) is 28.2 Å². The molecule has 2 heterocycles. The zero-order valence-corrected chi connectivity index (χ0v) is 11.8. The van der Waals surface area contributed by atoms with E-state index in [0.29, 0.717) is 17.6 Å². The third-order valence-corrected chi connectivity index (χ3v) is 4.78. The summed E-state index contributed by atoms with van der Waals surface area (Å²) in [5.74, 6) is 0.448. The standard InChI is InChI=1S/C13H17N3O2S/c1-8(17)14-13-15-10-5-6-16(7-11(10)19-13)12(18)9-3-2-4-9/h9H,2-7H2,1H3,(H,14,15,17). The summed E-state index contributed by atoms with van der Waals surface area (Å²) >= 11 is 1.49. The van der Waals surface area contributed by atoms with E-state index in [2.05, 4.69) is 10.3 Å². The van der Waals surface area contributed by atoms with Crippen molar-refractivity contribution in [2.24, 2.45) is 5.92 Å². The number of hydrogen-bond acceptors (Lipinski definition) is 4. The molecule has 0 radical (unpaired) electrons. The maximum absolute atomic E-state index is 12.2. The number of amides is 2. The predicted molar refractivity (Wildman–Crippen MR) is 72.9 cm³/mol. The summed E-state index contributed by atoms with van der Waals surface area (Å²) in [6, 6.07) is 0. The molecule has 0 bridgehead atoms. The highest BCUT2D eigenvalue weighted by Crippen LogP contribution is 2.32. The molecule has 0 atom stereocenters. The molecule has 1 aromatic rings. The number of rotatable bonds is 2. The van der Waals surface area contributed by atoms with E-state index in [9.17, 15) is 9.59 Å². The fourth-order valence-corrected chi connectivity index (χ4v) is 3.57. The number of nitrogens with zero attached hydrogens (tertiary/aromatic N) is 2. The molecule has 1 N–H and O–H groups in total. The number of nitrogens with one attached hydrogen (secondary N) is 1. The third-order valence-electron chi connectivity index (χ3n) is 3.78. The molecular formula is C13H17N3O2S. The topological polar surface area (TPSA) is 62.3 Å². The van der Waals surface area contributed by atoms with Crippen LogP contribution in [0.2, 0.25) is 0 Å². The minimum atomic E-state index is -0.103. The van der Waals surface area contributed by atoms with Crippen molar-refractivity contribution >= 4 is 28.3 Å². The normalized spacial score (nSPS) is 18.7. The first-order chi connectivity index (χ1) is 9.13. The Balaban J connectivity index is 1.70. The van der Waals surface area contributed by atoms with Gasteiger partial charge in [-0.05, 0) is 12.8 Å². The third kappa shape index (κ3) is 2.49. The molecule has 102 valence electrons. The molecule has 0 aromatic carbocycles. The van der Waals surface area contributed by atoms with Crippen molar-refractivity contribution in [1.82, 2.24) is 9.88 Å². The number of aromatic nitrogens is 1. The second kappa shape index (κ2) is 4.92. The molecule has 1 saturated carbocycles. The van der Waals surface area contributed by atoms with Gasteiger partial charge >= 0.3 is 0 Å². The summed E-state index contributed by atoms with van der Waals surface area (Å²) in [5.41, 5.74) is 1.03. The van der Waals surface area contributed by atoms with Crippen molar-refractivity contribution < 1.29 is 9.59 Å². The number of carbonyl (C=O) groups is 2. The molecule has 19 heavy (non-hydrogen) atoms. The maximum atomic E-state index is 12.2. The Morgan fingerprint density at radius 1 is 1.42 bits per heavy atom. The van der Waals surface area contributed by atoms with Gasteiger partial charge < -0.3 is 10.2 Å². The molecule has 1 aliphatic carbocycles. The Kier molecular flexibility index (Phi) is 3.26. The lowest BCUT2D eigenvalue weighted by Gasteiger charge is -2.33. The summed E-state index contributed by atoms with van der Waals surface area (Å²) < 4.78 is 0. The van der Waals surface area contributed by atoms with Crippen molar-refractivity contribution in [2.45, 2.75) is 39.2 Å². The van der Waals surface area contributed by atoms with Crippen molar-refractivity contribution in [3.8, 4) is 0 Å². The van der Waals surface area contributed by atoms with Gasteiger partial charge in [0.1, 0.15) is 0 Å². The predicted octanol–water partition coefficient (Wildman–Crippen LogP) is 1.79. The van der Waals surface area contributed by atoms with Gasteiger partial charge in [-0.25, -0.2) is 4.98 Å². The maximum Gasteiger partial charge on any atom is 0.226 e. The van der Waals surface area contributed by atoms with Crippen LogP contribution in [0.5, 0.6) is 0 Å².